The van der Waals surface area contributed by atoms with Crippen molar-refractivity contribution in [3.8, 4) is 11.5 Å². The molecular weight excluding hydrogens is 470 g/mol. The quantitative estimate of drug-likeness (QED) is 0.176. The van der Waals surface area contributed by atoms with Gasteiger partial charge in [0.15, 0.2) is 0 Å². The number of ether oxygens (including phenoxy) is 2. The molecule has 0 aromatic heterocycles. The van der Waals surface area contributed by atoms with Crippen molar-refractivity contribution in [2.24, 2.45) is 0 Å². The predicted molar refractivity (Wildman–Crippen MR) is 139 cm³/mol. The first-order valence-corrected chi connectivity index (χ1v) is 12.2. The molecule has 0 spiro atoms. The summed E-state index contributed by atoms with van der Waals surface area (Å²) in [5.41, 5.74) is 4.41. The van der Waals surface area contributed by atoms with E-state index < -0.39 is 23.7 Å². The molecule has 1 N–H and O–H groups in total. The van der Waals surface area contributed by atoms with E-state index in [0.717, 1.165) is 35.3 Å². The summed E-state index contributed by atoms with van der Waals surface area (Å²) in [6.45, 7) is 5.83. The van der Waals surface area contributed by atoms with E-state index in [9.17, 15) is 19.5 Å². The van der Waals surface area contributed by atoms with Crippen molar-refractivity contribution in [1.82, 2.24) is 0 Å². The van der Waals surface area contributed by atoms with Crippen molar-refractivity contribution >= 4 is 29.1 Å². The molecule has 0 aliphatic carbocycles. The number of anilines is 1. The summed E-state index contributed by atoms with van der Waals surface area (Å²) < 4.78 is 11.0. The third-order valence-electron chi connectivity index (χ3n) is 6.83. The summed E-state index contributed by atoms with van der Waals surface area (Å²) in [5, 5.41) is 11.5. The summed E-state index contributed by atoms with van der Waals surface area (Å²) in [6, 6.07) is 16.5. The second-order valence-corrected chi connectivity index (χ2v) is 9.38. The molecule has 1 amide bonds. The van der Waals surface area contributed by atoms with Crippen LogP contribution in [0.4, 0.5) is 5.69 Å². The van der Waals surface area contributed by atoms with Crippen LogP contribution in [0.25, 0.3) is 5.76 Å². The normalized spacial score (nSPS) is 18.4. The first kappa shape index (κ1) is 24.3. The van der Waals surface area contributed by atoms with Gasteiger partial charge in [-0.1, -0.05) is 18.2 Å². The van der Waals surface area contributed by atoms with Gasteiger partial charge in [0.05, 0.1) is 18.2 Å². The number of Topliss-reactive ketones (excluding diaryl/α,β-unsaturated/α-hetero) is 1. The van der Waals surface area contributed by atoms with Crippen LogP contribution in [0.1, 0.15) is 47.2 Å². The highest BCUT2D eigenvalue weighted by Crippen LogP contribution is 2.43. The van der Waals surface area contributed by atoms with Gasteiger partial charge < -0.3 is 14.6 Å². The van der Waals surface area contributed by atoms with Crippen LogP contribution in [0.2, 0.25) is 0 Å². The number of hydrogen-bond donors (Lipinski definition) is 1. The highest BCUT2D eigenvalue weighted by atomic mass is 16.5. The second-order valence-electron chi connectivity index (χ2n) is 9.38. The lowest BCUT2D eigenvalue weighted by atomic mass is 9.93. The van der Waals surface area contributed by atoms with E-state index in [1.807, 2.05) is 26.0 Å². The van der Waals surface area contributed by atoms with Crippen LogP contribution in [0.3, 0.4) is 0 Å². The number of benzene rings is 3. The number of rotatable bonds is 4. The Morgan fingerprint density at radius 1 is 1.03 bits per heavy atom. The summed E-state index contributed by atoms with van der Waals surface area (Å²) in [6.07, 6.45) is 1.65. The Morgan fingerprint density at radius 2 is 1.84 bits per heavy atom. The number of ketones is 1. The van der Waals surface area contributed by atoms with Gasteiger partial charge in [-0.2, -0.15) is 0 Å². The monoisotopic (exact) mass is 497 g/mol. The SMILES string of the molecule is CC(=O)Oc1cccc(C2/C(=C(/O)c3ccc4c(c3)CCCO4)C(=O)C(=O)N2c2ccc(C)c(C)c2)c1. The number of hydrogen-bond acceptors (Lipinski definition) is 6. The zero-order valence-electron chi connectivity index (χ0n) is 20.9. The van der Waals surface area contributed by atoms with Crippen LogP contribution in [0.15, 0.2) is 66.2 Å². The Kier molecular flexibility index (Phi) is 6.29. The van der Waals surface area contributed by atoms with Crippen LogP contribution < -0.4 is 14.4 Å². The van der Waals surface area contributed by atoms with Crippen molar-refractivity contribution in [2.45, 2.75) is 39.7 Å². The van der Waals surface area contributed by atoms with Gasteiger partial charge in [-0.05, 0) is 91.4 Å². The Morgan fingerprint density at radius 3 is 2.59 bits per heavy atom. The lowest BCUT2D eigenvalue weighted by Gasteiger charge is -2.26. The zero-order chi connectivity index (χ0) is 26.3. The molecule has 37 heavy (non-hydrogen) atoms. The van der Waals surface area contributed by atoms with Crippen molar-refractivity contribution < 1.29 is 29.0 Å². The Bertz CT molecular complexity index is 1470. The predicted octanol–water partition coefficient (Wildman–Crippen LogP) is 5.18. The summed E-state index contributed by atoms with van der Waals surface area (Å²) in [5.74, 6) is -1.25. The molecule has 1 saturated heterocycles. The Labute approximate surface area is 214 Å². The van der Waals surface area contributed by atoms with E-state index in [1.54, 1.807) is 48.5 Å². The molecule has 5 rings (SSSR count). The number of aliphatic hydroxyl groups excluding tert-OH is 1. The fraction of sp³-hybridized carbons (Fsp3) is 0.233. The van der Waals surface area contributed by atoms with Gasteiger partial charge in [-0.3, -0.25) is 19.3 Å². The third-order valence-corrected chi connectivity index (χ3v) is 6.83. The van der Waals surface area contributed by atoms with Crippen LogP contribution in [-0.4, -0.2) is 29.4 Å². The maximum atomic E-state index is 13.5. The average molecular weight is 498 g/mol. The molecule has 3 aromatic rings. The lowest BCUT2D eigenvalue weighted by molar-refractivity contribution is -0.132. The number of nitrogens with zero attached hydrogens (tertiary/aromatic N) is 1. The summed E-state index contributed by atoms with van der Waals surface area (Å²) in [4.78, 5) is 39.9. The van der Waals surface area contributed by atoms with Gasteiger partial charge in [0.2, 0.25) is 0 Å². The highest BCUT2D eigenvalue weighted by molar-refractivity contribution is 6.51. The molecule has 2 aliphatic heterocycles. The molecule has 0 radical (unpaired) electrons. The number of carbonyl (C=O) groups excluding carboxylic acids is 3. The number of esters is 1. The molecule has 2 heterocycles. The molecule has 0 saturated carbocycles. The van der Waals surface area contributed by atoms with E-state index in [0.29, 0.717) is 23.4 Å². The zero-order valence-corrected chi connectivity index (χ0v) is 20.9. The van der Waals surface area contributed by atoms with Crippen LogP contribution in [-0.2, 0) is 20.8 Å². The van der Waals surface area contributed by atoms with Gasteiger partial charge in [0, 0.05) is 18.2 Å². The first-order chi connectivity index (χ1) is 17.7. The molecule has 1 unspecified atom stereocenters. The molecule has 1 atom stereocenters. The topological polar surface area (TPSA) is 93.1 Å². The van der Waals surface area contributed by atoms with Crippen LogP contribution in [0.5, 0.6) is 11.5 Å². The van der Waals surface area contributed by atoms with E-state index in [1.165, 1.54) is 11.8 Å². The molecule has 1 fully saturated rings. The fourth-order valence-corrected chi connectivity index (χ4v) is 4.87. The number of carbonyl (C=O) groups is 3. The molecule has 3 aromatic carbocycles. The molecule has 2 aliphatic rings. The van der Waals surface area contributed by atoms with Crippen LogP contribution >= 0.6 is 0 Å². The Hall–Kier alpha value is -4.39. The standard InChI is InChI=1S/C30H27NO6/c1-17-9-11-23(14-18(17)2)31-27(21-6-4-8-24(16-21)37-19(3)32)26(29(34)30(31)35)28(33)22-10-12-25-20(15-22)7-5-13-36-25/h4,6,8-12,14-16,27,33H,5,7,13H2,1-3H3/b28-26-. The van der Waals surface area contributed by atoms with Gasteiger partial charge in [0.1, 0.15) is 17.3 Å². The minimum Gasteiger partial charge on any atom is -0.507 e. The Balaban J connectivity index is 1.70. The number of amides is 1. The van der Waals surface area contributed by atoms with E-state index in [2.05, 4.69) is 0 Å². The van der Waals surface area contributed by atoms with Gasteiger partial charge in [-0.25, -0.2) is 0 Å². The number of fused-ring (bicyclic) bond motifs is 1. The fourth-order valence-electron chi connectivity index (χ4n) is 4.87. The van der Waals surface area contributed by atoms with Gasteiger partial charge in [0.25, 0.3) is 11.7 Å². The smallest absolute Gasteiger partial charge is 0.308 e. The van der Waals surface area contributed by atoms with E-state index in [-0.39, 0.29) is 17.1 Å². The van der Waals surface area contributed by atoms with Crippen LogP contribution in [0, 0.1) is 13.8 Å². The molecular formula is C30H27NO6. The van der Waals surface area contributed by atoms with Crippen molar-refractivity contribution in [1.29, 1.82) is 0 Å². The first-order valence-electron chi connectivity index (χ1n) is 12.2. The minimum atomic E-state index is -0.926. The molecule has 0 bridgehead atoms. The van der Waals surface area contributed by atoms with Crippen molar-refractivity contribution in [3.05, 3.63) is 94.1 Å². The molecule has 7 heteroatoms. The molecule has 188 valence electrons. The third kappa shape index (κ3) is 4.48. The van der Waals surface area contributed by atoms with E-state index in [4.69, 9.17) is 9.47 Å². The van der Waals surface area contributed by atoms with Crippen molar-refractivity contribution in [2.75, 3.05) is 11.5 Å². The maximum absolute atomic E-state index is 13.5. The van der Waals surface area contributed by atoms with E-state index >= 15 is 0 Å². The largest absolute Gasteiger partial charge is 0.507 e. The average Bonchev–Trinajstić information content (AvgIpc) is 3.15. The lowest BCUT2D eigenvalue weighted by Crippen LogP contribution is -2.29. The second kappa shape index (κ2) is 9.58. The summed E-state index contributed by atoms with van der Waals surface area (Å²) in [7, 11) is 0. The summed E-state index contributed by atoms with van der Waals surface area (Å²) >= 11 is 0. The molecule has 7 nitrogen and oxygen atoms in total. The van der Waals surface area contributed by atoms with Gasteiger partial charge >= 0.3 is 5.97 Å². The van der Waals surface area contributed by atoms with Gasteiger partial charge in [-0.15, -0.1) is 0 Å². The van der Waals surface area contributed by atoms with Crippen molar-refractivity contribution in [3.63, 3.8) is 0 Å². The maximum Gasteiger partial charge on any atom is 0.308 e. The highest BCUT2D eigenvalue weighted by Gasteiger charge is 2.47. The minimum absolute atomic E-state index is 0.0279. The number of aryl methyl sites for hydroxylation is 3. The number of aliphatic hydroxyl groups is 1.